The van der Waals surface area contributed by atoms with Crippen molar-refractivity contribution in [3.8, 4) is 0 Å². The Kier molecular flexibility index (Phi) is 3.95. The molecule has 118 valence electrons. The maximum absolute atomic E-state index is 13.0. The van der Waals surface area contributed by atoms with Gasteiger partial charge in [0.2, 0.25) is 0 Å². The molecule has 0 atom stereocenters. The lowest BCUT2D eigenvalue weighted by molar-refractivity contribution is -0.123. The molecule has 3 N–H and O–H groups in total. The number of benzene rings is 1. The minimum Gasteiger partial charge on any atom is -0.397 e. The number of hydrogen-bond acceptors (Lipinski definition) is 3. The summed E-state index contributed by atoms with van der Waals surface area (Å²) in [6.45, 7) is 1.29. The Hall–Kier alpha value is -1.46. The number of rotatable bonds is 3. The van der Waals surface area contributed by atoms with Gasteiger partial charge in [0.05, 0.1) is 16.4 Å². The first-order chi connectivity index (χ1) is 10.4. The normalized spacial score (nSPS) is 22.0. The first kappa shape index (κ1) is 15.4. The van der Waals surface area contributed by atoms with Gasteiger partial charge in [0, 0.05) is 37.5 Å². The Labute approximate surface area is 133 Å². The number of anilines is 1. The van der Waals surface area contributed by atoms with Crippen molar-refractivity contribution in [3.05, 3.63) is 40.4 Å². The summed E-state index contributed by atoms with van der Waals surface area (Å²) in [5.74, 6) is -2.52. The fourth-order valence-electron chi connectivity index (χ4n) is 3.08. The molecule has 0 spiro atoms. The van der Waals surface area contributed by atoms with Gasteiger partial charge in [-0.15, -0.1) is 0 Å². The molecule has 6 heteroatoms. The highest BCUT2D eigenvalue weighted by Gasteiger charge is 2.48. The van der Waals surface area contributed by atoms with Gasteiger partial charge in [0.1, 0.15) is 0 Å². The SMILES string of the molecule is N=C(C1=CCCN(C2CC(F)(F)C2)C1)c1cccc(Cl)c1N. The first-order valence-electron chi connectivity index (χ1n) is 7.31. The van der Waals surface area contributed by atoms with Crippen molar-refractivity contribution in [3.63, 3.8) is 0 Å². The topological polar surface area (TPSA) is 53.1 Å². The molecule has 1 fully saturated rings. The monoisotopic (exact) mass is 325 g/mol. The lowest BCUT2D eigenvalue weighted by Gasteiger charge is -2.44. The van der Waals surface area contributed by atoms with E-state index in [4.69, 9.17) is 22.7 Å². The molecule has 3 rings (SSSR count). The van der Waals surface area contributed by atoms with Gasteiger partial charge in [0.15, 0.2) is 0 Å². The summed E-state index contributed by atoms with van der Waals surface area (Å²) in [6, 6.07) is 5.13. The number of para-hydroxylation sites is 1. The first-order valence-corrected chi connectivity index (χ1v) is 7.69. The number of alkyl halides is 2. The molecule has 0 aromatic heterocycles. The molecule has 1 saturated carbocycles. The fourth-order valence-corrected chi connectivity index (χ4v) is 3.25. The predicted octanol–water partition coefficient (Wildman–Crippen LogP) is 3.72. The van der Waals surface area contributed by atoms with Crippen LogP contribution < -0.4 is 5.73 Å². The van der Waals surface area contributed by atoms with E-state index in [0.29, 0.717) is 28.5 Å². The van der Waals surface area contributed by atoms with E-state index in [1.165, 1.54) is 0 Å². The number of nitrogens with one attached hydrogen (secondary N) is 1. The second-order valence-corrected chi connectivity index (χ2v) is 6.39. The van der Waals surface area contributed by atoms with Crippen molar-refractivity contribution >= 4 is 23.0 Å². The number of halogens is 3. The Morgan fingerprint density at radius 2 is 2.09 bits per heavy atom. The second kappa shape index (κ2) is 5.63. The van der Waals surface area contributed by atoms with E-state index in [9.17, 15) is 8.78 Å². The molecule has 1 heterocycles. The minimum atomic E-state index is -2.52. The van der Waals surface area contributed by atoms with Crippen LogP contribution in [-0.4, -0.2) is 35.7 Å². The number of hydrogen-bond donors (Lipinski definition) is 2. The van der Waals surface area contributed by atoms with Crippen LogP contribution in [-0.2, 0) is 0 Å². The molecule has 1 aromatic rings. The molecule has 0 amide bonds. The second-order valence-electron chi connectivity index (χ2n) is 5.98. The van der Waals surface area contributed by atoms with Gasteiger partial charge in [-0.25, -0.2) is 8.78 Å². The maximum atomic E-state index is 13.0. The quantitative estimate of drug-likeness (QED) is 0.657. The number of nitrogens with two attached hydrogens (primary N) is 1. The standard InChI is InChI=1S/C16H18ClF2N3/c17-13-5-1-4-12(15(13)21)14(20)10-3-2-6-22(9-10)11-7-16(18,19)8-11/h1,3-5,11,20H,2,6-9,21H2. The zero-order valence-electron chi connectivity index (χ0n) is 12.1. The highest BCUT2D eigenvalue weighted by molar-refractivity contribution is 6.34. The van der Waals surface area contributed by atoms with Gasteiger partial charge in [-0.2, -0.15) is 0 Å². The predicted molar refractivity (Wildman–Crippen MR) is 84.9 cm³/mol. The molecule has 0 unspecified atom stereocenters. The van der Waals surface area contributed by atoms with E-state index in [1.807, 2.05) is 11.0 Å². The van der Waals surface area contributed by atoms with Crippen LogP contribution in [0.3, 0.4) is 0 Å². The van der Waals surface area contributed by atoms with E-state index in [1.54, 1.807) is 18.2 Å². The van der Waals surface area contributed by atoms with Crippen LogP contribution in [0.4, 0.5) is 14.5 Å². The molecule has 0 radical (unpaired) electrons. The van der Waals surface area contributed by atoms with Crippen LogP contribution in [0.5, 0.6) is 0 Å². The van der Waals surface area contributed by atoms with Crippen molar-refractivity contribution in [1.82, 2.24) is 4.90 Å². The highest BCUT2D eigenvalue weighted by Crippen LogP contribution is 2.41. The zero-order valence-corrected chi connectivity index (χ0v) is 12.8. The Morgan fingerprint density at radius 1 is 1.36 bits per heavy atom. The Bertz CT molecular complexity index is 634. The van der Waals surface area contributed by atoms with Gasteiger partial charge >= 0.3 is 0 Å². The average Bonchev–Trinajstić information content (AvgIpc) is 2.47. The Morgan fingerprint density at radius 3 is 2.77 bits per heavy atom. The number of nitrogens with zero attached hydrogens (tertiary/aromatic N) is 1. The van der Waals surface area contributed by atoms with E-state index >= 15 is 0 Å². The summed E-state index contributed by atoms with van der Waals surface area (Å²) in [6.07, 6.45) is 2.61. The van der Waals surface area contributed by atoms with Crippen molar-refractivity contribution in [1.29, 1.82) is 5.41 Å². The summed E-state index contributed by atoms with van der Waals surface area (Å²) in [4.78, 5) is 2.04. The molecule has 1 aliphatic heterocycles. The van der Waals surface area contributed by atoms with E-state index in [2.05, 4.69) is 0 Å². The van der Waals surface area contributed by atoms with Crippen LogP contribution in [0.2, 0.25) is 5.02 Å². The summed E-state index contributed by atoms with van der Waals surface area (Å²) in [7, 11) is 0. The van der Waals surface area contributed by atoms with Crippen molar-refractivity contribution < 1.29 is 8.78 Å². The highest BCUT2D eigenvalue weighted by atomic mass is 35.5. The molecule has 0 saturated heterocycles. The molecule has 0 bridgehead atoms. The zero-order chi connectivity index (χ0) is 15.9. The van der Waals surface area contributed by atoms with Crippen LogP contribution in [0.25, 0.3) is 0 Å². The van der Waals surface area contributed by atoms with Gasteiger partial charge in [-0.3, -0.25) is 10.3 Å². The van der Waals surface area contributed by atoms with Crippen molar-refractivity contribution in [2.75, 3.05) is 18.8 Å². The van der Waals surface area contributed by atoms with Gasteiger partial charge < -0.3 is 5.73 Å². The van der Waals surface area contributed by atoms with Gasteiger partial charge in [-0.1, -0.05) is 29.8 Å². The lowest BCUT2D eigenvalue weighted by atomic mass is 9.85. The summed E-state index contributed by atoms with van der Waals surface area (Å²) < 4.78 is 26.1. The van der Waals surface area contributed by atoms with Crippen LogP contribution >= 0.6 is 11.6 Å². The van der Waals surface area contributed by atoms with Gasteiger partial charge in [0.25, 0.3) is 5.92 Å². The largest absolute Gasteiger partial charge is 0.397 e. The van der Waals surface area contributed by atoms with Crippen molar-refractivity contribution in [2.45, 2.75) is 31.2 Å². The van der Waals surface area contributed by atoms with Crippen LogP contribution in [0, 0.1) is 5.41 Å². The molecule has 22 heavy (non-hydrogen) atoms. The van der Waals surface area contributed by atoms with Gasteiger partial charge in [-0.05, 0) is 18.1 Å². The Balaban J connectivity index is 1.73. The van der Waals surface area contributed by atoms with Crippen LogP contribution in [0.15, 0.2) is 29.8 Å². The summed E-state index contributed by atoms with van der Waals surface area (Å²) >= 11 is 6.00. The lowest BCUT2D eigenvalue weighted by Crippen LogP contribution is -2.52. The van der Waals surface area contributed by atoms with Crippen molar-refractivity contribution in [2.24, 2.45) is 0 Å². The third-order valence-electron chi connectivity index (χ3n) is 4.41. The van der Waals surface area contributed by atoms with Crippen LogP contribution in [0.1, 0.15) is 24.8 Å². The summed E-state index contributed by atoms with van der Waals surface area (Å²) in [5, 5.41) is 8.79. The van der Waals surface area contributed by atoms with E-state index < -0.39 is 5.92 Å². The molecule has 2 aliphatic rings. The minimum absolute atomic E-state index is 0.0765. The summed E-state index contributed by atoms with van der Waals surface area (Å²) in [5.41, 5.74) is 8.09. The fraction of sp³-hybridized carbons (Fsp3) is 0.438. The van der Waals surface area contributed by atoms with E-state index in [-0.39, 0.29) is 18.9 Å². The molecular formula is C16H18ClF2N3. The molecule has 1 aromatic carbocycles. The molecular weight excluding hydrogens is 308 g/mol. The third kappa shape index (κ3) is 2.88. The number of nitrogen functional groups attached to an aromatic ring is 1. The van der Waals surface area contributed by atoms with E-state index in [0.717, 1.165) is 18.5 Å². The molecule has 3 nitrogen and oxygen atoms in total. The maximum Gasteiger partial charge on any atom is 0.251 e. The average molecular weight is 326 g/mol. The molecule has 1 aliphatic carbocycles. The third-order valence-corrected chi connectivity index (χ3v) is 4.74. The smallest absolute Gasteiger partial charge is 0.251 e.